The topological polar surface area (TPSA) is 424 Å². The molecular formula is C54H95N13O12. The average Bonchev–Trinajstić information content (AvgIpc) is 3.37. The summed E-state index contributed by atoms with van der Waals surface area (Å²) in [5, 5.41) is 44.1. The van der Waals surface area contributed by atoms with E-state index in [0.29, 0.717) is 12.0 Å². The van der Waals surface area contributed by atoms with Crippen LogP contribution in [0.2, 0.25) is 0 Å². The molecule has 0 radical (unpaired) electrons. The van der Waals surface area contributed by atoms with E-state index in [1.165, 1.54) is 6.92 Å². The fraction of sp³-hybridized carbons (Fsp3) is 0.704. The molecule has 0 spiro atoms. The van der Waals surface area contributed by atoms with Crippen LogP contribution in [-0.4, -0.2) is 156 Å². The van der Waals surface area contributed by atoms with Gasteiger partial charge in [0.1, 0.15) is 54.4 Å². The zero-order valence-electron chi connectivity index (χ0n) is 48.2. The van der Waals surface area contributed by atoms with Gasteiger partial charge in [0, 0.05) is 6.42 Å². The molecule has 0 aromatic heterocycles. The second-order valence-corrected chi connectivity index (χ2v) is 21.9. The number of benzene rings is 1. The molecule has 1 aromatic rings. The van der Waals surface area contributed by atoms with Crippen molar-refractivity contribution in [3.8, 4) is 0 Å². The van der Waals surface area contributed by atoms with Crippen molar-refractivity contribution in [3.05, 3.63) is 35.9 Å². The van der Waals surface area contributed by atoms with Gasteiger partial charge in [-0.3, -0.25) is 47.9 Å². The maximum Gasteiger partial charge on any atom is 0.243 e. The molecule has 0 aliphatic carbocycles. The van der Waals surface area contributed by atoms with E-state index in [0.717, 1.165) is 0 Å². The number of hydrogen-bond acceptors (Lipinski definition) is 15. The zero-order valence-corrected chi connectivity index (χ0v) is 48.2. The van der Waals surface area contributed by atoms with Crippen molar-refractivity contribution in [2.75, 3.05) is 19.6 Å². The molecule has 0 aliphatic rings. The smallest absolute Gasteiger partial charge is 0.243 e. The van der Waals surface area contributed by atoms with Crippen LogP contribution in [0.15, 0.2) is 30.3 Å². The van der Waals surface area contributed by atoms with Crippen LogP contribution >= 0.6 is 0 Å². The van der Waals surface area contributed by atoms with Gasteiger partial charge in [-0.15, -0.1) is 0 Å². The lowest BCUT2D eigenvalue weighted by Gasteiger charge is -2.30. The quantitative estimate of drug-likeness (QED) is 0.0333. The molecule has 1 unspecified atom stereocenters. The SMILES string of the molecule is CC[C@H](C)[C@H](NC(=O)[C@H](CCN)NC(=O)CC(O)C(C)C)C(=O)N[C@@H](CCN)C(=O)N[C@H](Cc1ccccc1)C(=O)N[C@@H](CC(C)C)C(=O)N[C@@H](CCN)C(=O)N[C@@H](C(=O)N[C@@H](CC(C)C)C(=O)N[C@H](C(N)=O)[C@@H](C)O)C(C)C. The molecule has 79 heavy (non-hydrogen) atoms. The van der Waals surface area contributed by atoms with Crippen LogP contribution in [0.5, 0.6) is 0 Å². The Morgan fingerprint density at radius 1 is 0.456 bits per heavy atom. The summed E-state index contributed by atoms with van der Waals surface area (Å²) in [5.74, 6) is -9.33. The zero-order chi connectivity index (χ0) is 60.3. The molecule has 25 heteroatoms. The second-order valence-electron chi connectivity index (χ2n) is 21.9. The van der Waals surface area contributed by atoms with E-state index in [1.807, 2.05) is 0 Å². The fourth-order valence-electron chi connectivity index (χ4n) is 8.22. The van der Waals surface area contributed by atoms with E-state index in [1.54, 1.807) is 99.6 Å². The highest BCUT2D eigenvalue weighted by Gasteiger charge is 2.37. The van der Waals surface area contributed by atoms with Gasteiger partial charge in [-0.1, -0.05) is 106 Å². The Balaban J connectivity index is 3.50. The van der Waals surface area contributed by atoms with Crippen molar-refractivity contribution >= 4 is 59.1 Å². The van der Waals surface area contributed by atoms with Gasteiger partial charge in [-0.05, 0) is 93.8 Å². The predicted molar refractivity (Wildman–Crippen MR) is 298 cm³/mol. The lowest BCUT2D eigenvalue weighted by atomic mass is 9.96. The first kappa shape index (κ1) is 70.7. The van der Waals surface area contributed by atoms with Crippen LogP contribution < -0.4 is 70.8 Å². The number of nitrogens with one attached hydrogen (secondary N) is 9. The van der Waals surface area contributed by atoms with Gasteiger partial charge < -0.3 is 81.0 Å². The van der Waals surface area contributed by atoms with Gasteiger partial charge in [0.05, 0.1) is 18.6 Å². The first-order chi connectivity index (χ1) is 37.0. The van der Waals surface area contributed by atoms with Crippen molar-refractivity contribution in [2.45, 2.75) is 194 Å². The molecule has 0 bridgehead atoms. The first-order valence-corrected chi connectivity index (χ1v) is 27.5. The van der Waals surface area contributed by atoms with E-state index in [2.05, 4.69) is 47.9 Å². The third-order valence-corrected chi connectivity index (χ3v) is 13.2. The van der Waals surface area contributed by atoms with Crippen molar-refractivity contribution in [2.24, 2.45) is 52.5 Å². The van der Waals surface area contributed by atoms with Gasteiger partial charge in [-0.2, -0.15) is 0 Å². The number of rotatable bonds is 37. The Bertz CT molecular complexity index is 2130. The number of carbonyl (C=O) groups excluding carboxylic acids is 10. The molecule has 10 amide bonds. The predicted octanol–water partition coefficient (Wildman–Crippen LogP) is -2.29. The van der Waals surface area contributed by atoms with E-state index < -0.39 is 137 Å². The second kappa shape index (κ2) is 36.1. The van der Waals surface area contributed by atoms with E-state index in [-0.39, 0.29) is 82.3 Å². The van der Waals surface area contributed by atoms with E-state index in [9.17, 15) is 58.2 Å². The standard InChI is InChI=1S/C54H95N13O12/c1-12-32(10)44(66-48(73)35(18-21-55)59-42(70)27-41(69)30(6)7)54(79)61-36(19-22-56)47(72)63-40(26-34-16-14-13-15-17-34)51(76)62-38(24-28(2)3)50(75)60-37(20-23-57)49(74)65-43(31(8)9)53(78)64-39(25-29(4)5)52(77)67-45(33(11)68)46(58)71/h13-17,28-33,35-41,43-45,68-69H,12,18-27,55-57H2,1-11H3,(H2,58,71)(H,59,70)(H,60,75)(H,61,79)(H,62,76)(H,63,72)(H,64,78)(H,65,74)(H,66,73)(H,67,77)/t32-,33+,35-,36-,37-,38-,39-,40+,41?,43+,44-,45-/m0/s1. The molecule has 1 aromatic carbocycles. The monoisotopic (exact) mass is 1120 g/mol. The van der Waals surface area contributed by atoms with Crippen molar-refractivity contribution < 1.29 is 58.2 Å². The minimum absolute atomic E-state index is 0.0124. The molecule has 0 heterocycles. The summed E-state index contributed by atoms with van der Waals surface area (Å²) >= 11 is 0. The highest BCUT2D eigenvalue weighted by molar-refractivity contribution is 5.98. The molecule has 0 saturated heterocycles. The summed E-state index contributed by atoms with van der Waals surface area (Å²) in [6.07, 6.45) is -2.21. The summed E-state index contributed by atoms with van der Waals surface area (Å²) < 4.78 is 0. The van der Waals surface area contributed by atoms with Crippen LogP contribution in [0.3, 0.4) is 0 Å². The Hall–Kier alpha value is -6.28. The van der Waals surface area contributed by atoms with Crippen molar-refractivity contribution in [3.63, 3.8) is 0 Å². The van der Waals surface area contributed by atoms with Gasteiger partial charge in [-0.25, -0.2) is 0 Å². The minimum Gasteiger partial charge on any atom is -0.392 e. The molecule has 25 nitrogen and oxygen atoms in total. The highest BCUT2D eigenvalue weighted by atomic mass is 16.3. The molecule has 1 rings (SSSR count). The van der Waals surface area contributed by atoms with Gasteiger partial charge in [0.2, 0.25) is 59.1 Å². The average molecular weight is 1120 g/mol. The van der Waals surface area contributed by atoms with Crippen LogP contribution in [-0.2, 0) is 54.4 Å². The van der Waals surface area contributed by atoms with Gasteiger partial charge in [0.15, 0.2) is 0 Å². The number of hydrogen-bond donors (Lipinski definition) is 15. The summed E-state index contributed by atoms with van der Waals surface area (Å²) in [4.78, 5) is 137. The fourth-order valence-corrected chi connectivity index (χ4v) is 8.22. The van der Waals surface area contributed by atoms with Gasteiger partial charge >= 0.3 is 0 Å². The Morgan fingerprint density at radius 2 is 0.823 bits per heavy atom. The number of aliphatic hydroxyl groups is 2. The third kappa shape index (κ3) is 25.6. The van der Waals surface area contributed by atoms with Crippen LogP contribution in [0, 0.1) is 29.6 Å². The highest BCUT2D eigenvalue weighted by Crippen LogP contribution is 2.14. The number of aliphatic hydroxyl groups excluding tert-OH is 2. The van der Waals surface area contributed by atoms with E-state index in [4.69, 9.17) is 22.9 Å². The van der Waals surface area contributed by atoms with E-state index >= 15 is 0 Å². The number of primary amides is 1. The normalized spacial score (nSPS) is 16.1. The van der Waals surface area contributed by atoms with Crippen molar-refractivity contribution in [1.29, 1.82) is 0 Å². The summed E-state index contributed by atoms with van der Waals surface area (Å²) in [6, 6.07) is -2.83. The molecular weight excluding hydrogens is 1020 g/mol. The lowest BCUT2D eigenvalue weighted by Crippen LogP contribution is -2.62. The molecule has 448 valence electrons. The third-order valence-electron chi connectivity index (χ3n) is 13.2. The summed E-state index contributed by atoms with van der Waals surface area (Å²) in [5.41, 5.74) is 23.6. The van der Waals surface area contributed by atoms with Gasteiger partial charge in [0.25, 0.3) is 0 Å². The summed E-state index contributed by atoms with van der Waals surface area (Å²) in [7, 11) is 0. The maximum atomic E-state index is 14.5. The molecule has 12 atom stereocenters. The summed E-state index contributed by atoms with van der Waals surface area (Å²) in [6.45, 7) is 18.6. The number of amides is 10. The lowest BCUT2D eigenvalue weighted by molar-refractivity contribution is -0.137. The molecule has 0 saturated carbocycles. The Kier molecular flexibility index (Phi) is 32.3. The Morgan fingerprint density at radius 3 is 1.25 bits per heavy atom. The first-order valence-electron chi connectivity index (χ1n) is 27.5. The number of nitrogens with two attached hydrogens (primary N) is 4. The molecule has 0 aliphatic heterocycles. The molecule has 19 N–H and O–H groups in total. The number of carbonyl (C=O) groups is 10. The molecule has 0 fully saturated rings. The van der Waals surface area contributed by atoms with Crippen LogP contribution in [0.25, 0.3) is 0 Å². The Labute approximate surface area is 465 Å². The largest absolute Gasteiger partial charge is 0.392 e. The van der Waals surface area contributed by atoms with Crippen molar-refractivity contribution in [1.82, 2.24) is 47.9 Å². The van der Waals surface area contributed by atoms with Crippen LogP contribution in [0.4, 0.5) is 0 Å². The maximum absolute atomic E-state index is 14.5. The minimum atomic E-state index is -1.44. The van der Waals surface area contributed by atoms with Crippen LogP contribution in [0.1, 0.15) is 127 Å².